The molecule has 0 nitrogen and oxygen atoms in total. The van der Waals surface area contributed by atoms with Gasteiger partial charge >= 0.3 is 28.4 Å². The summed E-state index contributed by atoms with van der Waals surface area (Å²) in [5.41, 5.74) is 5.52. The maximum absolute atomic E-state index is 3.34. The van der Waals surface area contributed by atoms with Crippen molar-refractivity contribution in [2.75, 3.05) is 0 Å². The van der Waals surface area contributed by atoms with Gasteiger partial charge in [-0.15, -0.1) is 38.2 Å². The first-order valence-electron chi connectivity index (χ1n) is 5.88. The zero-order valence-electron chi connectivity index (χ0n) is 12.5. The van der Waals surface area contributed by atoms with Crippen LogP contribution in [0.5, 0.6) is 0 Å². The van der Waals surface area contributed by atoms with Gasteiger partial charge in [0.2, 0.25) is 0 Å². The molecule has 0 saturated carbocycles. The van der Waals surface area contributed by atoms with Crippen molar-refractivity contribution in [3.63, 3.8) is 0 Å². The molecule has 0 amide bonds. The third-order valence-electron chi connectivity index (χ3n) is 2.91. The molecule has 0 N–H and O–H groups in total. The summed E-state index contributed by atoms with van der Waals surface area (Å²) in [7, 11) is 0. The van der Waals surface area contributed by atoms with Crippen molar-refractivity contribution in [3.8, 4) is 0 Å². The fourth-order valence-electron chi connectivity index (χ4n) is 1.59. The van der Waals surface area contributed by atoms with E-state index in [2.05, 4.69) is 63.1 Å². The third kappa shape index (κ3) is 9.77. The van der Waals surface area contributed by atoms with Gasteiger partial charge in [0.1, 0.15) is 0 Å². The molecule has 0 aromatic rings. The summed E-state index contributed by atoms with van der Waals surface area (Å²) in [6.07, 6.45) is 11.8. The summed E-state index contributed by atoms with van der Waals surface area (Å²) in [5, 5.41) is 0. The summed E-state index contributed by atoms with van der Waals surface area (Å²) >= 11 is 1.30. The molecule has 0 fully saturated rings. The normalized spacial score (nSPS) is 19.0. The number of hydrogen-bond acceptors (Lipinski definition) is 0. The van der Waals surface area contributed by atoms with Crippen molar-refractivity contribution < 1.29 is 24.2 Å². The van der Waals surface area contributed by atoms with Crippen molar-refractivity contribution >= 4 is 29.0 Å². The van der Waals surface area contributed by atoms with Gasteiger partial charge in [-0.2, -0.15) is 17.2 Å². The molecule has 2 aliphatic carbocycles. The van der Waals surface area contributed by atoms with Crippen molar-refractivity contribution in [2.24, 2.45) is 5.92 Å². The second-order valence-corrected chi connectivity index (χ2v) is 4.36. The Labute approximate surface area is 146 Å². The summed E-state index contributed by atoms with van der Waals surface area (Å²) in [5.74, 6) is 0.556. The van der Waals surface area contributed by atoms with E-state index in [0.29, 0.717) is 5.92 Å². The monoisotopic (exact) mass is 376 g/mol. The second kappa shape index (κ2) is 13.3. The first kappa shape index (κ1) is 24.3. The molecule has 0 aliphatic heterocycles. The summed E-state index contributed by atoms with van der Waals surface area (Å²) < 4.78 is 3.34. The van der Waals surface area contributed by atoms with Crippen LogP contribution in [0.3, 0.4) is 0 Å². The zero-order valence-corrected chi connectivity index (χ0v) is 16.6. The van der Waals surface area contributed by atoms with E-state index in [1.807, 2.05) is 0 Å². The predicted molar refractivity (Wildman–Crippen MR) is 87.8 cm³/mol. The predicted octanol–water partition coefficient (Wildman–Crippen LogP) is 5.23. The number of rotatable bonds is 0. The van der Waals surface area contributed by atoms with Gasteiger partial charge in [0.05, 0.1) is 0 Å². The van der Waals surface area contributed by atoms with E-state index in [0.717, 1.165) is 6.42 Å². The Morgan fingerprint density at radius 1 is 1.16 bits per heavy atom. The first-order chi connectivity index (χ1) is 8.00. The van der Waals surface area contributed by atoms with Crippen LogP contribution in [-0.2, 0) is 24.2 Å². The minimum atomic E-state index is 0. The van der Waals surface area contributed by atoms with Crippen molar-refractivity contribution in [1.82, 2.24) is 0 Å². The first-order valence-corrected chi connectivity index (χ1v) is 7.62. The molecule has 0 heterocycles. The van der Waals surface area contributed by atoms with Crippen LogP contribution in [0.2, 0.25) is 0 Å². The molecule has 0 spiro atoms. The van der Waals surface area contributed by atoms with E-state index in [4.69, 9.17) is 0 Å². The van der Waals surface area contributed by atoms with Crippen LogP contribution in [-0.4, -0.2) is 4.21 Å². The molecule has 2 aliphatic rings. The van der Waals surface area contributed by atoms with Gasteiger partial charge in [-0.25, -0.2) is 17.2 Å². The van der Waals surface area contributed by atoms with Gasteiger partial charge in [-0.1, -0.05) is 33.6 Å². The van der Waals surface area contributed by atoms with Gasteiger partial charge < -0.3 is 0 Å². The molecule has 0 aromatic carbocycles. The minimum absolute atomic E-state index is 0. The molecule has 106 valence electrons. The standard InChI is InChI=1S/C8H11.C7H9.CH2.2ClH.Zr/c1-6-4-5-7(2)8(6)3;1-6-3-4-7(2)5-6;;;;/h4H2,1-3H3;3-4,6H,1-2H3;1H2;2*1H;/q2*-1;;;;+2. The molecule has 1 unspecified atom stereocenters. The van der Waals surface area contributed by atoms with Crippen molar-refractivity contribution in [1.29, 1.82) is 0 Å². The molecule has 1 atom stereocenters. The second-order valence-electron chi connectivity index (χ2n) is 4.36. The molecule has 19 heavy (non-hydrogen) atoms. The van der Waals surface area contributed by atoms with E-state index in [9.17, 15) is 0 Å². The third-order valence-corrected chi connectivity index (χ3v) is 2.91. The van der Waals surface area contributed by atoms with Crippen LogP contribution < -0.4 is 0 Å². The van der Waals surface area contributed by atoms with Crippen LogP contribution in [0.1, 0.15) is 41.0 Å². The van der Waals surface area contributed by atoms with E-state index >= 15 is 0 Å². The summed E-state index contributed by atoms with van der Waals surface area (Å²) in [6, 6.07) is 0. The average molecular weight is 378 g/mol. The Kier molecular flexibility index (Phi) is 17.0. The number of halogens is 2. The van der Waals surface area contributed by atoms with Gasteiger partial charge in [0, 0.05) is 0 Å². The molecule has 0 aromatic heterocycles. The molecule has 0 bridgehead atoms. The van der Waals surface area contributed by atoms with Gasteiger partial charge in [0.15, 0.2) is 0 Å². The SMILES string of the molecule is CC1=[C-]C(C)C=C1.CC1=[C-]CC(C)=C1C.Cl.Cl.[CH2]=[Zr+2]. The van der Waals surface area contributed by atoms with Crippen LogP contribution in [0.15, 0.2) is 34.4 Å². The number of hydrogen-bond donors (Lipinski definition) is 0. The molecule has 2 rings (SSSR count). The Bertz CT molecular complexity index is 371. The average Bonchev–Trinajstić information content (AvgIpc) is 2.83. The Balaban J connectivity index is -0.000000219. The zero-order chi connectivity index (χ0) is 13.4. The molecule has 0 radical (unpaired) electrons. The van der Waals surface area contributed by atoms with E-state index < -0.39 is 0 Å². The van der Waals surface area contributed by atoms with Crippen molar-refractivity contribution in [3.05, 3.63) is 46.6 Å². The topological polar surface area (TPSA) is 0 Å². The van der Waals surface area contributed by atoms with Crippen LogP contribution in [0.4, 0.5) is 0 Å². The fraction of sp³-hybridized carbons (Fsp3) is 0.438. The Hall–Kier alpha value is 0.293. The molecule has 0 saturated heterocycles. The van der Waals surface area contributed by atoms with Gasteiger partial charge in [-0.05, 0) is 0 Å². The van der Waals surface area contributed by atoms with E-state index in [1.165, 1.54) is 46.5 Å². The van der Waals surface area contributed by atoms with Crippen LogP contribution in [0.25, 0.3) is 0 Å². The maximum atomic E-state index is 3.34. The quantitative estimate of drug-likeness (QED) is 0.507. The molecular weight excluding hydrogens is 354 g/mol. The van der Waals surface area contributed by atoms with Crippen LogP contribution >= 0.6 is 24.8 Å². The number of allylic oxidation sites excluding steroid dienone is 8. The molecule has 3 heteroatoms. The summed E-state index contributed by atoms with van der Waals surface area (Å²) in [4.78, 5) is 0. The molecular formula is C16H24Cl2Zr. The van der Waals surface area contributed by atoms with E-state index in [-0.39, 0.29) is 24.8 Å². The van der Waals surface area contributed by atoms with Crippen LogP contribution in [0, 0.1) is 18.1 Å². The summed E-state index contributed by atoms with van der Waals surface area (Å²) in [6.45, 7) is 10.6. The van der Waals surface area contributed by atoms with Crippen molar-refractivity contribution in [2.45, 2.75) is 41.0 Å². The Morgan fingerprint density at radius 3 is 1.79 bits per heavy atom. The Morgan fingerprint density at radius 2 is 1.68 bits per heavy atom. The van der Waals surface area contributed by atoms with Gasteiger partial charge in [0.25, 0.3) is 0 Å². The van der Waals surface area contributed by atoms with Gasteiger partial charge in [-0.3, -0.25) is 12.2 Å². The fourth-order valence-corrected chi connectivity index (χ4v) is 1.59. The van der Waals surface area contributed by atoms with E-state index in [1.54, 1.807) is 0 Å².